The molecule has 0 unspecified atom stereocenters. The molecule has 0 aliphatic rings. The van der Waals surface area contributed by atoms with E-state index >= 15 is 0 Å². The first-order valence-electron chi connectivity index (χ1n) is 7.22. The Morgan fingerprint density at radius 1 is 1.00 bits per heavy atom. The smallest absolute Gasteiger partial charge is 0.326 e. The highest BCUT2D eigenvalue weighted by molar-refractivity contribution is 6.04. The normalized spacial score (nSPS) is 11.0. The Bertz CT molecular complexity index is 842. The second-order valence-electron chi connectivity index (χ2n) is 5.05. The lowest BCUT2D eigenvalue weighted by atomic mass is 10.2. The van der Waals surface area contributed by atoms with Crippen LogP contribution in [-0.4, -0.2) is 16.8 Å². The molecular weight excluding hydrogens is 339 g/mol. The summed E-state index contributed by atoms with van der Waals surface area (Å²) in [5.74, 6) is -1.02. The molecule has 2 amide bonds. The van der Waals surface area contributed by atoms with E-state index in [0.29, 0.717) is 23.9 Å². The lowest BCUT2D eigenvalue weighted by Gasteiger charge is -2.09. The van der Waals surface area contributed by atoms with Crippen molar-refractivity contribution in [2.75, 3.05) is 10.6 Å². The van der Waals surface area contributed by atoms with Crippen molar-refractivity contribution < 1.29 is 22.8 Å². The van der Waals surface area contributed by atoms with Gasteiger partial charge in [0.2, 0.25) is 5.91 Å². The molecule has 2 aromatic rings. The number of carbonyl (C=O) groups is 2. The van der Waals surface area contributed by atoms with Crippen LogP contribution in [0, 0.1) is 0 Å². The van der Waals surface area contributed by atoms with Crippen molar-refractivity contribution in [3.05, 3.63) is 58.0 Å². The average molecular weight is 353 g/mol. The first-order valence-corrected chi connectivity index (χ1v) is 7.22. The lowest BCUT2D eigenvalue weighted by Crippen LogP contribution is -2.25. The van der Waals surface area contributed by atoms with Gasteiger partial charge < -0.3 is 15.6 Å². The highest BCUT2D eigenvalue weighted by Gasteiger charge is 2.32. The molecule has 0 radical (unpaired) electrons. The zero-order valence-electron chi connectivity index (χ0n) is 13.0. The Balaban J connectivity index is 2.12. The second kappa shape index (κ2) is 7.20. The number of pyridine rings is 1. The van der Waals surface area contributed by atoms with Crippen LogP contribution < -0.4 is 16.2 Å². The summed E-state index contributed by atoms with van der Waals surface area (Å²) in [4.78, 5) is 36.6. The van der Waals surface area contributed by atoms with Crippen molar-refractivity contribution in [3.63, 3.8) is 0 Å². The van der Waals surface area contributed by atoms with E-state index in [4.69, 9.17) is 0 Å². The largest absolute Gasteiger partial charge is 0.431 e. The van der Waals surface area contributed by atoms with Gasteiger partial charge in [-0.25, -0.2) is 0 Å². The fourth-order valence-electron chi connectivity index (χ4n) is 1.90. The minimum absolute atomic E-state index is 0.173. The van der Waals surface area contributed by atoms with Gasteiger partial charge in [0, 0.05) is 17.8 Å². The van der Waals surface area contributed by atoms with Crippen molar-refractivity contribution in [2.24, 2.45) is 0 Å². The number of nitrogens with one attached hydrogen (secondary N) is 3. The van der Waals surface area contributed by atoms with Crippen LogP contribution in [0.3, 0.4) is 0 Å². The zero-order valence-corrected chi connectivity index (χ0v) is 13.0. The van der Waals surface area contributed by atoms with Crippen molar-refractivity contribution in [1.82, 2.24) is 4.98 Å². The zero-order chi connectivity index (χ0) is 18.6. The minimum Gasteiger partial charge on any atom is -0.326 e. The molecule has 0 bridgehead atoms. The number of amides is 2. The van der Waals surface area contributed by atoms with Gasteiger partial charge in [0.1, 0.15) is 11.3 Å². The number of halogens is 3. The van der Waals surface area contributed by atoms with Gasteiger partial charge >= 0.3 is 6.18 Å². The number of alkyl halides is 3. The van der Waals surface area contributed by atoms with E-state index in [-0.39, 0.29) is 5.91 Å². The summed E-state index contributed by atoms with van der Waals surface area (Å²) in [6.45, 7) is 1.70. The molecule has 6 nitrogen and oxygen atoms in total. The molecule has 1 heterocycles. The molecule has 1 aromatic heterocycles. The van der Waals surface area contributed by atoms with E-state index in [1.165, 1.54) is 12.1 Å². The van der Waals surface area contributed by atoms with Crippen LogP contribution in [0.2, 0.25) is 0 Å². The number of aromatic amines is 1. The summed E-state index contributed by atoms with van der Waals surface area (Å²) < 4.78 is 37.5. The summed E-state index contributed by atoms with van der Waals surface area (Å²) >= 11 is 0. The van der Waals surface area contributed by atoms with Crippen molar-refractivity contribution in [3.8, 4) is 0 Å². The lowest BCUT2D eigenvalue weighted by molar-refractivity contribution is -0.141. The van der Waals surface area contributed by atoms with Gasteiger partial charge in [0.15, 0.2) is 0 Å². The van der Waals surface area contributed by atoms with Crippen molar-refractivity contribution >= 4 is 23.2 Å². The Kier molecular flexibility index (Phi) is 5.26. The molecule has 9 heteroatoms. The van der Waals surface area contributed by atoms with Crippen LogP contribution >= 0.6 is 0 Å². The third-order valence-electron chi connectivity index (χ3n) is 3.21. The first-order chi connectivity index (χ1) is 11.7. The van der Waals surface area contributed by atoms with Gasteiger partial charge in [-0.1, -0.05) is 6.92 Å². The number of hydrogen-bond acceptors (Lipinski definition) is 3. The van der Waals surface area contributed by atoms with Crippen molar-refractivity contribution in [2.45, 2.75) is 19.5 Å². The predicted octanol–water partition coefficient (Wildman–Crippen LogP) is 2.99. The molecule has 2 rings (SSSR count). The molecule has 0 aliphatic heterocycles. The third-order valence-corrected chi connectivity index (χ3v) is 3.21. The maximum atomic E-state index is 12.5. The monoisotopic (exact) mass is 353 g/mol. The number of aromatic nitrogens is 1. The molecule has 0 saturated heterocycles. The van der Waals surface area contributed by atoms with E-state index < -0.39 is 28.9 Å². The number of H-pyrrole nitrogens is 1. The molecular formula is C16H14F3N3O3. The molecule has 132 valence electrons. The van der Waals surface area contributed by atoms with Gasteiger partial charge in [0.05, 0.1) is 0 Å². The first kappa shape index (κ1) is 18.2. The Morgan fingerprint density at radius 2 is 1.56 bits per heavy atom. The quantitative estimate of drug-likeness (QED) is 0.789. The molecule has 0 fully saturated rings. The van der Waals surface area contributed by atoms with Gasteiger partial charge in [0.25, 0.3) is 11.5 Å². The average Bonchev–Trinajstić information content (AvgIpc) is 2.55. The van der Waals surface area contributed by atoms with Crippen molar-refractivity contribution in [1.29, 1.82) is 0 Å². The van der Waals surface area contributed by atoms with Crippen LogP contribution in [0.5, 0.6) is 0 Å². The van der Waals surface area contributed by atoms with Gasteiger partial charge in [-0.15, -0.1) is 0 Å². The highest BCUT2D eigenvalue weighted by Crippen LogP contribution is 2.26. The fraction of sp³-hybridized carbons (Fsp3) is 0.188. The van der Waals surface area contributed by atoms with E-state index in [1.807, 2.05) is 0 Å². The Morgan fingerprint density at radius 3 is 2.04 bits per heavy atom. The van der Waals surface area contributed by atoms with Crippen LogP contribution in [0.4, 0.5) is 24.5 Å². The Hall–Kier alpha value is -3.10. The molecule has 0 spiro atoms. The SMILES string of the molecule is CCC(=O)Nc1ccc(NC(=O)c2ccc(C(F)(F)F)[nH]c2=O)cc1. The molecule has 1 aromatic carbocycles. The van der Waals surface area contributed by atoms with E-state index in [0.717, 1.165) is 6.07 Å². The third kappa shape index (κ3) is 4.69. The van der Waals surface area contributed by atoms with Crippen LogP contribution in [0.15, 0.2) is 41.2 Å². The van der Waals surface area contributed by atoms with Crippen LogP contribution in [0.25, 0.3) is 0 Å². The van der Waals surface area contributed by atoms with E-state index in [1.54, 1.807) is 24.0 Å². The topological polar surface area (TPSA) is 91.1 Å². The molecule has 25 heavy (non-hydrogen) atoms. The van der Waals surface area contributed by atoms with Gasteiger partial charge in [-0.3, -0.25) is 14.4 Å². The summed E-state index contributed by atoms with van der Waals surface area (Å²) in [5.41, 5.74) is -1.98. The number of anilines is 2. The summed E-state index contributed by atoms with van der Waals surface area (Å²) in [5, 5.41) is 5.02. The Labute approximate surface area is 140 Å². The van der Waals surface area contributed by atoms with Crippen LogP contribution in [0.1, 0.15) is 29.4 Å². The number of hydrogen-bond donors (Lipinski definition) is 3. The van der Waals surface area contributed by atoms with E-state index in [9.17, 15) is 27.6 Å². The minimum atomic E-state index is -4.70. The maximum Gasteiger partial charge on any atom is 0.431 e. The molecule has 0 saturated carbocycles. The molecule has 0 aliphatic carbocycles. The highest BCUT2D eigenvalue weighted by atomic mass is 19.4. The van der Waals surface area contributed by atoms with E-state index in [2.05, 4.69) is 10.6 Å². The molecule has 3 N–H and O–H groups in total. The summed E-state index contributed by atoms with van der Waals surface area (Å²) in [7, 11) is 0. The van der Waals surface area contributed by atoms with Gasteiger partial charge in [-0.05, 0) is 36.4 Å². The van der Waals surface area contributed by atoms with Crippen LogP contribution in [-0.2, 0) is 11.0 Å². The van der Waals surface area contributed by atoms with Gasteiger partial charge in [-0.2, -0.15) is 13.2 Å². The second-order valence-corrected chi connectivity index (χ2v) is 5.05. The predicted molar refractivity (Wildman–Crippen MR) is 85.4 cm³/mol. The maximum absolute atomic E-state index is 12.5. The number of benzene rings is 1. The summed E-state index contributed by atoms with van der Waals surface area (Å²) in [6, 6.07) is 7.50. The number of carbonyl (C=O) groups excluding carboxylic acids is 2. The summed E-state index contributed by atoms with van der Waals surface area (Å²) in [6.07, 6.45) is -4.39. The fourth-order valence-corrected chi connectivity index (χ4v) is 1.90. The number of rotatable bonds is 4. The standard InChI is InChI=1S/C16H14F3N3O3/c1-2-13(23)20-9-3-5-10(6-4-9)21-14(24)11-7-8-12(16(17,18)19)22-15(11)25/h3-8H,2H2,1H3,(H,20,23)(H,21,24)(H,22,25). The molecule has 0 atom stereocenters.